The van der Waals surface area contributed by atoms with Gasteiger partial charge in [-0.2, -0.15) is 0 Å². The number of nitrogens with two attached hydrogens (primary N) is 1. The fourth-order valence-corrected chi connectivity index (χ4v) is 1.16. The summed E-state index contributed by atoms with van der Waals surface area (Å²) in [6, 6.07) is -0.107. The number of rotatable bonds is 6. The molecule has 0 bridgehead atoms. The van der Waals surface area contributed by atoms with Gasteiger partial charge in [0.05, 0.1) is 6.04 Å². The van der Waals surface area contributed by atoms with Crippen molar-refractivity contribution in [1.29, 1.82) is 0 Å². The van der Waals surface area contributed by atoms with Crippen LogP contribution in [-0.4, -0.2) is 18.4 Å². The number of carbonyl (C=O) groups excluding carboxylic acids is 1. The van der Waals surface area contributed by atoms with Crippen molar-refractivity contribution in [3.8, 4) is 0 Å². The molecule has 0 radical (unpaired) electrons. The first-order valence-corrected chi connectivity index (χ1v) is 4.27. The SMILES string of the molecule is CC(=O)C(CCCCN)NS. The predicted molar refractivity (Wildman–Crippen MR) is 49.5 cm³/mol. The largest absolute Gasteiger partial charge is 0.330 e. The Labute approximate surface area is 73.3 Å². The number of nitrogens with one attached hydrogen (secondary N) is 1. The smallest absolute Gasteiger partial charge is 0.147 e. The summed E-state index contributed by atoms with van der Waals surface area (Å²) in [6.07, 6.45) is 2.78. The summed E-state index contributed by atoms with van der Waals surface area (Å²) < 4.78 is 2.66. The first-order chi connectivity index (χ1) is 5.22. The summed E-state index contributed by atoms with van der Waals surface area (Å²) in [4.78, 5) is 10.8. The summed E-state index contributed by atoms with van der Waals surface area (Å²) in [5.41, 5.74) is 5.31. The highest BCUT2D eigenvalue weighted by molar-refractivity contribution is 7.78. The van der Waals surface area contributed by atoms with Gasteiger partial charge in [0, 0.05) is 0 Å². The lowest BCUT2D eigenvalue weighted by molar-refractivity contribution is -0.118. The number of thiol groups is 1. The van der Waals surface area contributed by atoms with E-state index in [0.717, 1.165) is 19.3 Å². The minimum atomic E-state index is -0.107. The summed E-state index contributed by atoms with van der Waals surface area (Å²) in [5.74, 6) is 0.136. The van der Waals surface area contributed by atoms with Crippen LogP contribution >= 0.6 is 12.8 Å². The number of unbranched alkanes of at least 4 members (excludes halogenated alkanes) is 1. The van der Waals surface area contributed by atoms with Crippen molar-refractivity contribution in [2.75, 3.05) is 6.54 Å². The highest BCUT2D eigenvalue weighted by atomic mass is 32.1. The fourth-order valence-electron chi connectivity index (χ4n) is 0.852. The molecule has 0 aliphatic heterocycles. The summed E-state index contributed by atoms with van der Waals surface area (Å²) in [5, 5.41) is 0. The van der Waals surface area contributed by atoms with Crippen LogP contribution in [0, 0.1) is 0 Å². The molecular formula is C7H16N2OS. The highest BCUT2D eigenvalue weighted by Gasteiger charge is 2.10. The molecule has 0 heterocycles. The van der Waals surface area contributed by atoms with Crippen LogP contribution in [-0.2, 0) is 4.79 Å². The van der Waals surface area contributed by atoms with Gasteiger partial charge < -0.3 is 5.73 Å². The van der Waals surface area contributed by atoms with E-state index in [4.69, 9.17) is 5.73 Å². The van der Waals surface area contributed by atoms with Gasteiger partial charge >= 0.3 is 0 Å². The van der Waals surface area contributed by atoms with Gasteiger partial charge in [0.15, 0.2) is 0 Å². The first kappa shape index (κ1) is 10.9. The lowest BCUT2D eigenvalue weighted by Crippen LogP contribution is -2.28. The number of hydrogen-bond acceptors (Lipinski definition) is 4. The number of carbonyl (C=O) groups is 1. The third-order valence-electron chi connectivity index (χ3n) is 1.59. The number of Topliss-reactive ketones (excluding diaryl/α,β-unsaturated/α-hetero) is 1. The molecule has 1 atom stereocenters. The van der Waals surface area contributed by atoms with Crippen molar-refractivity contribution in [3.63, 3.8) is 0 Å². The Morgan fingerprint density at radius 2 is 2.27 bits per heavy atom. The van der Waals surface area contributed by atoms with Crippen LogP contribution in [0.5, 0.6) is 0 Å². The van der Waals surface area contributed by atoms with E-state index in [1.807, 2.05) is 0 Å². The van der Waals surface area contributed by atoms with Crippen molar-refractivity contribution in [2.24, 2.45) is 5.73 Å². The van der Waals surface area contributed by atoms with Gasteiger partial charge in [0.2, 0.25) is 0 Å². The topological polar surface area (TPSA) is 55.1 Å². The standard InChI is InChI=1S/C7H16N2OS/c1-6(10)7(9-11)4-2-3-5-8/h7,9,11H,2-5,8H2,1H3. The van der Waals surface area contributed by atoms with Gasteiger partial charge in [-0.05, 0) is 26.3 Å². The molecule has 0 spiro atoms. The van der Waals surface area contributed by atoms with E-state index in [1.165, 1.54) is 0 Å². The Bertz CT molecular complexity index is 119. The zero-order chi connectivity index (χ0) is 8.69. The van der Waals surface area contributed by atoms with E-state index in [2.05, 4.69) is 17.5 Å². The van der Waals surface area contributed by atoms with Gasteiger partial charge in [-0.15, -0.1) is 0 Å². The van der Waals surface area contributed by atoms with Crippen LogP contribution in [0.4, 0.5) is 0 Å². The zero-order valence-electron chi connectivity index (χ0n) is 6.84. The van der Waals surface area contributed by atoms with E-state index >= 15 is 0 Å². The van der Waals surface area contributed by atoms with E-state index in [0.29, 0.717) is 6.54 Å². The van der Waals surface area contributed by atoms with Gasteiger partial charge in [0.25, 0.3) is 0 Å². The third-order valence-corrected chi connectivity index (χ3v) is 1.91. The van der Waals surface area contributed by atoms with Crippen LogP contribution in [0.1, 0.15) is 26.2 Å². The second-order valence-electron chi connectivity index (χ2n) is 2.58. The molecule has 1 unspecified atom stereocenters. The second kappa shape index (κ2) is 6.64. The Morgan fingerprint density at radius 1 is 1.64 bits per heavy atom. The van der Waals surface area contributed by atoms with Crippen molar-refractivity contribution < 1.29 is 4.79 Å². The minimum Gasteiger partial charge on any atom is -0.330 e. The molecule has 4 heteroatoms. The molecule has 0 aromatic rings. The average Bonchev–Trinajstić information content (AvgIpc) is 1.97. The predicted octanol–water partition coefficient (Wildman–Crippen LogP) is 0.507. The molecule has 0 aromatic carbocycles. The Balaban J connectivity index is 3.44. The normalized spacial score (nSPS) is 13.0. The molecule has 3 N–H and O–H groups in total. The van der Waals surface area contributed by atoms with Gasteiger partial charge in [-0.1, -0.05) is 19.2 Å². The van der Waals surface area contributed by atoms with Crippen LogP contribution in [0.15, 0.2) is 0 Å². The molecule has 3 nitrogen and oxygen atoms in total. The van der Waals surface area contributed by atoms with E-state index < -0.39 is 0 Å². The lowest BCUT2D eigenvalue weighted by atomic mass is 10.1. The zero-order valence-corrected chi connectivity index (χ0v) is 7.73. The maximum absolute atomic E-state index is 10.8. The Kier molecular flexibility index (Phi) is 6.60. The van der Waals surface area contributed by atoms with Crippen LogP contribution in [0.3, 0.4) is 0 Å². The quantitative estimate of drug-likeness (QED) is 0.408. The van der Waals surface area contributed by atoms with Gasteiger partial charge in [-0.3, -0.25) is 9.52 Å². The molecule has 0 aliphatic carbocycles. The van der Waals surface area contributed by atoms with E-state index in [1.54, 1.807) is 6.92 Å². The highest BCUT2D eigenvalue weighted by Crippen LogP contribution is 2.01. The molecular weight excluding hydrogens is 160 g/mol. The fraction of sp³-hybridized carbons (Fsp3) is 0.857. The Morgan fingerprint density at radius 3 is 2.64 bits per heavy atom. The van der Waals surface area contributed by atoms with Crippen molar-refractivity contribution in [2.45, 2.75) is 32.2 Å². The molecule has 0 rings (SSSR count). The molecule has 0 aliphatic rings. The monoisotopic (exact) mass is 176 g/mol. The summed E-state index contributed by atoms with van der Waals surface area (Å²) >= 11 is 3.86. The van der Waals surface area contributed by atoms with Gasteiger partial charge in [-0.25, -0.2) is 0 Å². The van der Waals surface area contributed by atoms with Gasteiger partial charge in [0.1, 0.15) is 5.78 Å². The molecule has 0 saturated heterocycles. The summed E-state index contributed by atoms with van der Waals surface area (Å²) in [6.45, 7) is 2.26. The lowest BCUT2D eigenvalue weighted by Gasteiger charge is -2.10. The van der Waals surface area contributed by atoms with Crippen molar-refractivity contribution in [3.05, 3.63) is 0 Å². The first-order valence-electron chi connectivity index (χ1n) is 3.82. The molecule has 11 heavy (non-hydrogen) atoms. The number of hydrogen-bond donors (Lipinski definition) is 3. The molecule has 0 saturated carbocycles. The molecule has 0 aromatic heterocycles. The van der Waals surface area contributed by atoms with E-state index in [9.17, 15) is 4.79 Å². The van der Waals surface area contributed by atoms with Crippen molar-refractivity contribution in [1.82, 2.24) is 4.72 Å². The van der Waals surface area contributed by atoms with Crippen molar-refractivity contribution >= 4 is 18.6 Å². The number of ketones is 1. The second-order valence-corrected chi connectivity index (χ2v) is 2.83. The van der Waals surface area contributed by atoms with E-state index in [-0.39, 0.29) is 11.8 Å². The molecule has 0 amide bonds. The molecule has 0 fully saturated rings. The minimum absolute atomic E-state index is 0.107. The maximum atomic E-state index is 10.8. The maximum Gasteiger partial charge on any atom is 0.147 e. The van der Waals surface area contributed by atoms with Crippen LogP contribution in [0.2, 0.25) is 0 Å². The average molecular weight is 176 g/mol. The summed E-state index contributed by atoms with van der Waals surface area (Å²) in [7, 11) is 0. The Hall–Kier alpha value is -0.0600. The van der Waals surface area contributed by atoms with Crippen LogP contribution < -0.4 is 10.5 Å². The van der Waals surface area contributed by atoms with Crippen LogP contribution in [0.25, 0.3) is 0 Å². The third kappa shape index (κ3) is 5.24. The molecule has 66 valence electrons.